The fourth-order valence-corrected chi connectivity index (χ4v) is 6.04. The van der Waals surface area contributed by atoms with Gasteiger partial charge >= 0.3 is 0 Å². The second kappa shape index (κ2) is 5.34. The van der Waals surface area contributed by atoms with Gasteiger partial charge in [-0.25, -0.2) is 0 Å². The molecular weight excluding hydrogens is 350 g/mol. The quantitative estimate of drug-likeness (QED) is 0.573. The molecule has 2 saturated carbocycles. The van der Waals surface area contributed by atoms with E-state index in [1.807, 2.05) is 13.8 Å². The van der Waals surface area contributed by atoms with Crippen molar-refractivity contribution >= 4 is 17.3 Å². The van der Waals surface area contributed by atoms with Crippen molar-refractivity contribution in [3.8, 4) is 0 Å². The van der Waals surface area contributed by atoms with E-state index in [2.05, 4.69) is 5.18 Å². The Labute approximate surface area is 158 Å². The van der Waals surface area contributed by atoms with Crippen molar-refractivity contribution in [3.05, 3.63) is 16.2 Å². The number of hydrogen-bond donors (Lipinski definition) is 2. The zero-order valence-electron chi connectivity index (χ0n) is 16.6. The van der Waals surface area contributed by atoms with Gasteiger partial charge in [-0.05, 0) is 37.5 Å². The molecule has 3 aliphatic rings. The van der Waals surface area contributed by atoms with Gasteiger partial charge in [0.25, 0.3) is 0 Å². The maximum Gasteiger partial charge on any atom is 0.193 e. The van der Waals surface area contributed by atoms with E-state index in [1.165, 1.54) is 0 Å². The number of Topliss-reactive ketones (excluding diaryl/α,β-unsaturated/α-hetero) is 3. The predicted octanol–water partition coefficient (Wildman–Crippen LogP) is 2.50. The Morgan fingerprint density at radius 3 is 2.30 bits per heavy atom. The molecule has 0 aliphatic heterocycles. The smallest absolute Gasteiger partial charge is 0.193 e. The molecule has 3 aliphatic carbocycles. The van der Waals surface area contributed by atoms with Crippen LogP contribution in [0, 0.1) is 33.5 Å². The maximum atomic E-state index is 13.5. The normalized spacial score (nSPS) is 37.8. The van der Waals surface area contributed by atoms with Crippen LogP contribution in [-0.2, 0) is 14.4 Å². The number of allylic oxidation sites excluding steroid dienone is 1. The largest absolute Gasteiger partial charge is 0.508 e. The molecule has 1 spiro atoms. The van der Waals surface area contributed by atoms with Crippen molar-refractivity contribution in [2.24, 2.45) is 33.8 Å². The van der Waals surface area contributed by atoms with Gasteiger partial charge in [-0.2, -0.15) is 4.91 Å². The van der Waals surface area contributed by atoms with E-state index in [-0.39, 0.29) is 12.8 Å². The summed E-state index contributed by atoms with van der Waals surface area (Å²) in [5, 5.41) is 25.3. The number of rotatable bonds is 4. The lowest BCUT2D eigenvalue weighted by atomic mass is 9.66. The number of nitroso groups, excluding NO2 is 1. The molecular formula is C20H27NO6. The van der Waals surface area contributed by atoms with Gasteiger partial charge < -0.3 is 10.2 Å². The molecule has 0 aromatic rings. The van der Waals surface area contributed by atoms with Crippen LogP contribution in [0.25, 0.3) is 0 Å². The Hall–Kier alpha value is -1.89. The van der Waals surface area contributed by atoms with Crippen molar-refractivity contribution in [3.63, 3.8) is 0 Å². The topological polar surface area (TPSA) is 121 Å². The number of hydrogen-bond acceptors (Lipinski definition) is 7. The summed E-state index contributed by atoms with van der Waals surface area (Å²) in [6.07, 6.45) is -0.0721. The molecule has 0 radical (unpaired) electrons. The highest BCUT2D eigenvalue weighted by Crippen LogP contribution is 2.73. The molecule has 148 valence electrons. The summed E-state index contributed by atoms with van der Waals surface area (Å²) >= 11 is 0. The molecule has 0 saturated heterocycles. The number of carbonyl (C=O) groups excluding carboxylic acids is 3. The summed E-state index contributed by atoms with van der Waals surface area (Å²) in [4.78, 5) is 50.4. The molecule has 7 nitrogen and oxygen atoms in total. The first-order chi connectivity index (χ1) is 12.2. The molecule has 2 N–H and O–H groups in total. The van der Waals surface area contributed by atoms with Crippen molar-refractivity contribution in [1.29, 1.82) is 0 Å². The van der Waals surface area contributed by atoms with Gasteiger partial charge in [0.05, 0.1) is 5.41 Å². The summed E-state index contributed by atoms with van der Waals surface area (Å²) in [6, 6.07) is 0. The second-order valence-corrected chi connectivity index (χ2v) is 9.76. The molecule has 27 heavy (non-hydrogen) atoms. The minimum atomic E-state index is -2.40. The van der Waals surface area contributed by atoms with E-state index in [0.29, 0.717) is 0 Å². The zero-order valence-corrected chi connectivity index (χ0v) is 16.6. The molecule has 0 aromatic heterocycles. The zero-order chi connectivity index (χ0) is 20.7. The van der Waals surface area contributed by atoms with Crippen LogP contribution >= 0.6 is 0 Å². The van der Waals surface area contributed by atoms with Gasteiger partial charge in [0.1, 0.15) is 16.9 Å². The van der Waals surface area contributed by atoms with E-state index in [9.17, 15) is 29.5 Å². The van der Waals surface area contributed by atoms with Crippen LogP contribution in [0.3, 0.4) is 0 Å². The molecule has 0 aromatic carbocycles. The summed E-state index contributed by atoms with van der Waals surface area (Å²) < 4.78 is 0. The summed E-state index contributed by atoms with van der Waals surface area (Å²) in [6.45, 7) is 10.2. The van der Waals surface area contributed by atoms with E-state index in [0.717, 1.165) is 0 Å². The lowest BCUT2D eigenvalue weighted by Crippen LogP contribution is -2.51. The molecule has 7 heteroatoms. The lowest BCUT2D eigenvalue weighted by molar-refractivity contribution is -0.149. The highest BCUT2D eigenvalue weighted by Gasteiger charge is 2.82. The van der Waals surface area contributed by atoms with Crippen molar-refractivity contribution in [2.45, 2.75) is 65.5 Å². The van der Waals surface area contributed by atoms with Crippen LogP contribution in [0.4, 0.5) is 0 Å². The number of aliphatic hydroxyl groups is 2. The minimum absolute atomic E-state index is 0.0173. The average Bonchev–Trinajstić information content (AvgIpc) is 3.03. The third-order valence-corrected chi connectivity index (χ3v) is 7.43. The van der Waals surface area contributed by atoms with E-state index >= 15 is 0 Å². The first kappa shape index (κ1) is 19.9. The van der Waals surface area contributed by atoms with Gasteiger partial charge in [-0.3, -0.25) is 14.4 Å². The fraction of sp³-hybridized carbons (Fsp3) is 0.750. The second-order valence-electron chi connectivity index (χ2n) is 9.76. The Bertz CT molecular complexity index is 807. The first-order valence-corrected chi connectivity index (χ1v) is 9.34. The minimum Gasteiger partial charge on any atom is -0.508 e. The Kier molecular flexibility index (Phi) is 3.93. The summed E-state index contributed by atoms with van der Waals surface area (Å²) in [7, 11) is 0. The molecule has 4 atom stereocenters. The number of carbonyl (C=O) groups is 3. The lowest BCUT2D eigenvalue weighted by Gasteiger charge is -2.38. The summed E-state index contributed by atoms with van der Waals surface area (Å²) in [5.41, 5.74) is -6.19. The van der Waals surface area contributed by atoms with Gasteiger partial charge in [0.15, 0.2) is 23.0 Å². The fourth-order valence-electron chi connectivity index (χ4n) is 6.04. The van der Waals surface area contributed by atoms with E-state index < -0.39 is 68.4 Å². The Morgan fingerprint density at radius 1 is 1.26 bits per heavy atom. The van der Waals surface area contributed by atoms with Crippen LogP contribution in [0.1, 0.15) is 54.4 Å². The standard InChI is InChI=1S/C20H27NO6/c1-9(2)14(23)13-15(24)19-8-11(18(5,6)21-27)17(3,4)10(19)7-12(22)20(19,26)16(13)25/h9-11,25-26H,7-8H2,1-6H3/t10?,11?,19?,20-/m1/s1. The number of nitrogens with zero attached hydrogens (tertiary/aromatic N) is 1. The molecule has 0 bridgehead atoms. The Morgan fingerprint density at radius 2 is 1.81 bits per heavy atom. The highest BCUT2D eigenvalue weighted by atomic mass is 16.4. The molecule has 3 unspecified atom stereocenters. The predicted molar refractivity (Wildman–Crippen MR) is 96.8 cm³/mol. The molecule has 2 fully saturated rings. The molecule has 3 rings (SSSR count). The third-order valence-electron chi connectivity index (χ3n) is 7.43. The maximum absolute atomic E-state index is 13.5. The van der Waals surface area contributed by atoms with Crippen molar-refractivity contribution < 1.29 is 24.6 Å². The first-order valence-electron chi connectivity index (χ1n) is 9.34. The number of aliphatic hydroxyl groups excluding tert-OH is 1. The third kappa shape index (κ3) is 1.98. The van der Waals surface area contributed by atoms with Crippen LogP contribution in [0.2, 0.25) is 0 Å². The van der Waals surface area contributed by atoms with Crippen molar-refractivity contribution in [2.75, 3.05) is 0 Å². The van der Waals surface area contributed by atoms with Gasteiger partial charge in [-0.15, -0.1) is 0 Å². The van der Waals surface area contributed by atoms with Gasteiger partial charge in [0, 0.05) is 12.3 Å². The Balaban J connectivity index is 2.26. The van der Waals surface area contributed by atoms with Crippen LogP contribution < -0.4 is 0 Å². The van der Waals surface area contributed by atoms with E-state index in [1.54, 1.807) is 27.7 Å². The van der Waals surface area contributed by atoms with Crippen LogP contribution in [0.15, 0.2) is 16.5 Å². The van der Waals surface area contributed by atoms with Gasteiger partial charge in [0.2, 0.25) is 0 Å². The monoisotopic (exact) mass is 377 g/mol. The number of ketones is 3. The summed E-state index contributed by atoms with van der Waals surface area (Å²) in [5.74, 6) is -4.29. The highest BCUT2D eigenvalue weighted by molar-refractivity contribution is 6.29. The molecule has 0 heterocycles. The van der Waals surface area contributed by atoms with Gasteiger partial charge in [-0.1, -0.05) is 32.9 Å². The van der Waals surface area contributed by atoms with Crippen LogP contribution in [0.5, 0.6) is 0 Å². The van der Waals surface area contributed by atoms with Crippen LogP contribution in [-0.4, -0.2) is 38.7 Å². The van der Waals surface area contributed by atoms with Crippen molar-refractivity contribution in [1.82, 2.24) is 0 Å². The average molecular weight is 377 g/mol. The van der Waals surface area contributed by atoms with E-state index in [4.69, 9.17) is 0 Å². The SMILES string of the molecule is CC(C)C(=O)C1=C(O)[C@]2(O)C(=O)CC3C(C)(C)C(C(C)(C)N=O)CC32C1=O. The molecule has 0 amide bonds.